The van der Waals surface area contributed by atoms with E-state index in [1.807, 2.05) is 0 Å². The van der Waals surface area contributed by atoms with Crippen molar-refractivity contribution in [2.75, 3.05) is 13.6 Å². The molecule has 0 bridgehead atoms. The van der Waals surface area contributed by atoms with E-state index < -0.39 is 0 Å². The van der Waals surface area contributed by atoms with E-state index in [1.54, 1.807) is 0 Å². The lowest BCUT2D eigenvalue weighted by atomic mass is 10.2. The van der Waals surface area contributed by atoms with Crippen LogP contribution < -0.4 is 0 Å². The highest BCUT2D eigenvalue weighted by molar-refractivity contribution is 4.98. The number of hydrogen-bond donors (Lipinski definition) is 0. The Morgan fingerprint density at radius 1 is 1.60 bits per heavy atom. The molecule has 0 unspecified atom stereocenters. The summed E-state index contributed by atoms with van der Waals surface area (Å²) < 4.78 is 0. The largest absolute Gasteiger partial charge is 0.300 e. The van der Waals surface area contributed by atoms with E-state index in [0.29, 0.717) is 12.0 Å². The zero-order valence-corrected chi connectivity index (χ0v) is 6.72. The van der Waals surface area contributed by atoms with Crippen molar-refractivity contribution in [2.45, 2.75) is 31.7 Å². The van der Waals surface area contributed by atoms with E-state index in [-0.39, 0.29) is 0 Å². The Kier molecular flexibility index (Phi) is 1.96. The average Bonchev–Trinajstić information content (AvgIpc) is 2.64. The molecule has 1 saturated carbocycles. The molecule has 0 aromatic rings. The molecule has 1 fully saturated rings. The molecular formula is C8H14N2. The highest BCUT2D eigenvalue weighted by Crippen LogP contribution is 2.39. The maximum absolute atomic E-state index is 8.32. The fraction of sp³-hybridized carbons (Fsp3) is 0.875. The van der Waals surface area contributed by atoms with Crippen molar-refractivity contribution in [1.82, 2.24) is 4.90 Å². The van der Waals surface area contributed by atoms with Crippen LogP contribution in [0.25, 0.3) is 0 Å². The molecule has 10 heavy (non-hydrogen) atoms. The quantitative estimate of drug-likeness (QED) is 0.589. The van der Waals surface area contributed by atoms with Gasteiger partial charge in [-0.15, -0.1) is 0 Å². The third kappa shape index (κ3) is 1.48. The molecule has 0 spiro atoms. The van der Waals surface area contributed by atoms with Crippen LogP contribution >= 0.6 is 0 Å². The predicted octanol–water partition coefficient (Wildman–Crippen LogP) is 1.38. The van der Waals surface area contributed by atoms with Gasteiger partial charge in [0.15, 0.2) is 0 Å². The average molecular weight is 138 g/mol. The number of rotatable bonds is 3. The minimum absolute atomic E-state index is 0.441. The lowest BCUT2D eigenvalue weighted by Gasteiger charge is -2.22. The van der Waals surface area contributed by atoms with Gasteiger partial charge in [-0.05, 0) is 26.8 Å². The minimum atomic E-state index is 0.441. The molecule has 0 aliphatic heterocycles. The van der Waals surface area contributed by atoms with E-state index in [1.165, 1.54) is 12.8 Å². The van der Waals surface area contributed by atoms with E-state index in [0.717, 1.165) is 6.54 Å². The van der Waals surface area contributed by atoms with E-state index >= 15 is 0 Å². The van der Waals surface area contributed by atoms with Gasteiger partial charge < -0.3 is 0 Å². The first-order valence-electron chi connectivity index (χ1n) is 3.77. The van der Waals surface area contributed by atoms with Gasteiger partial charge in [-0.2, -0.15) is 5.26 Å². The molecule has 0 heterocycles. The van der Waals surface area contributed by atoms with Gasteiger partial charge in [0.1, 0.15) is 0 Å². The summed E-state index contributed by atoms with van der Waals surface area (Å²) in [5, 5.41) is 8.32. The van der Waals surface area contributed by atoms with Gasteiger partial charge in [-0.1, -0.05) is 0 Å². The van der Waals surface area contributed by atoms with E-state index in [9.17, 15) is 0 Å². The predicted molar refractivity (Wildman–Crippen MR) is 40.5 cm³/mol. The highest BCUT2D eigenvalue weighted by Gasteiger charge is 2.40. The van der Waals surface area contributed by atoms with Crippen molar-refractivity contribution in [3.05, 3.63) is 0 Å². The van der Waals surface area contributed by atoms with Crippen LogP contribution in [0.1, 0.15) is 26.2 Å². The monoisotopic (exact) mass is 138 g/mol. The van der Waals surface area contributed by atoms with Crippen LogP contribution in [0.15, 0.2) is 0 Å². The lowest BCUT2D eigenvalue weighted by Crippen LogP contribution is -2.31. The van der Waals surface area contributed by atoms with Crippen LogP contribution in [-0.2, 0) is 0 Å². The van der Waals surface area contributed by atoms with Crippen LogP contribution in [0.3, 0.4) is 0 Å². The summed E-state index contributed by atoms with van der Waals surface area (Å²) in [7, 11) is 2.10. The van der Waals surface area contributed by atoms with Gasteiger partial charge in [0.25, 0.3) is 0 Å². The van der Waals surface area contributed by atoms with Crippen molar-refractivity contribution in [3.8, 4) is 6.07 Å². The Labute approximate surface area is 62.4 Å². The van der Waals surface area contributed by atoms with E-state index in [2.05, 4.69) is 24.9 Å². The summed E-state index contributed by atoms with van der Waals surface area (Å²) in [5.74, 6) is 0. The zero-order chi connectivity index (χ0) is 7.61. The van der Waals surface area contributed by atoms with Crippen molar-refractivity contribution >= 4 is 0 Å². The van der Waals surface area contributed by atoms with Gasteiger partial charge in [-0.3, -0.25) is 4.90 Å². The molecule has 56 valence electrons. The Balaban J connectivity index is 2.23. The molecular weight excluding hydrogens is 124 g/mol. The molecule has 2 heteroatoms. The van der Waals surface area contributed by atoms with Crippen molar-refractivity contribution in [2.24, 2.45) is 0 Å². The number of hydrogen-bond acceptors (Lipinski definition) is 2. The first-order chi connectivity index (χ1) is 4.69. The summed E-state index contributed by atoms with van der Waals surface area (Å²) in [6, 6.07) is 2.16. The number of nitriles is 1. The molecule has 0 atom stereocenters. The summed E-state index contributed by atoms with van der Waals surface area (Å²) in [5.41, 5.74) is 0.441. The second-order valence-electron chi connectivity index (χ2n) is 3.33. The first kappa shape index (κ1) is 7.56. The smallest absolute Gasteiger partial charge is 0.0635 e. The van der Waals surface area contributed by atoms with Gasteiger partial charge >= 0.3 is 0 Å². The fourth-order valence-electron chi connectivity index (χ4n) is 1.05. The van der Waals surface area contributed by atoms with Crippen LogP contribution in [-0.4, -0.2) is 24.0 Å². The van der Waals surface area contributed by atoms with Gasteiger partial charge in [0.2, 0.25) is 0 Å². The Bertz CT molecular complexity index is 153. The van der Waals surface area contributed by atoms with Crippen molar-refractivity contribution < 1.29 is 0 Å². The second-order valence-corrected chi connectivity index (χ2v) is 3.33. The molecule has 2 nitrogen and oxygen atoms in total. The normalized spacial score (nSPS) is 20.6. The van der Waals surface area contributed by atoms with Crippen LogP contribution in [0.5, 0.6) is 0 Å². The maximum Gasteiger partial charge on any atom is 0.0635 e. The molecule has 0 radical (unpaired) electrons. The first-order valence-corrected chi connectivity index (χ1v) is 3.77. The third-order valence-electron chi connectivity index (χ3n) is 2.45. The van der Waals surface area contributed by atoms with Gasteiger partial charge in [0.05, 0.1) is 6.07 Å². The summed E-state index contributed by atoms with van der Waals surface area (Å²) in [6.07, 6.45) is 3.26. The lowest BCUT2D eigenvalue weighted by molar-refractivity contribution is 0.244. The van der Waals surface area contributed by atoms with Crippen molar-refractivity contribution in [1.29, 1.82) is 5.26 Å². The fourth-order valence-corrected chi connectivity index (χ4v) is 1.05. The molecule has 0 aromatic heterocycles. The maximum atomic E-state index is 8.32. The number of nitrogens with zero attached hydrogens (tertiary/aromatic N) is 2. The van der Waals surface area contributed by atoms with E-state index in [4.69, 9.17) is 5.26 Å². The molecule has 1 aliphatic carbocycles. The van der Waals surface area contributed by atoms with Gasteiger partial charge in [-0.25, -0.2) is 0 Å². The topological polar surface area (TPSA) is 27.0 Å². The Morgan fingerprint density at radius 2 is 2.20 bits per heavy atom. The summed E-state index contributed by atoms with van der Waals surface area (Å²) in [6.45, 7) is 3.18. The van der Waals surface area contributed by atoms with Crippen LogP contribution in [0.4, 0.5) is 0 Å². The summed E-state index contributed by atoms with van der Waals surface area (Å²) >= 11 is 0. The SMILES string of the molecule is CN(CCC#N)C1(C)CC1. The molecule has 0 amide bonds. The molecule has 1 aliphatic rings. The van der Waals surface area contributed by atoms with Crippen molar-refractivity contribution in [3.63, 3.8) is 0 Å². The van der Waals surface area contributed by atoms with Crippen LogP contribution in [0, 0.1) is 11.3 Å². The standard InChI is InChI=1S/C8H14N2/c1-8(4-5-8)10(2)7-3-6-9/h3-5,7H2,1-2H3. The minimum Gasteiger partial charge on any atom is -0.300 e. The molecule has 0 N–H and O–H groups in total. The summed E-state index contributed by atoms with van der Waals surface area (Å²) in [4.78, 5) is 2.29. The zero-order valence-electron chi connectivity index (χ0n) is 6.72. The molecule has 0 aromatic carbocycles. The Hall–Kier alpha value is -0.550. The Morgan fingerprint density at radius 3 is 2.60 bits per heavy atom. The van der Waals surface area contributed by atoms with Crippen LogP contribution in [0.2, 0.25) is 0 Å². The third-order valence-corrected chi connectivity index (χ3v) is 2.45. The van der Waals surface area contributed by atoms with Gasteiger partial charge in [0, 0.05) is 18.5 Å². The molecule has 1 rings (SSSR count). The molecule has 0 saturated heterocycles. The highest BCUT2D eigenvalue weighted by atomic mass is 15.2. The second kappa shape index (κ2) is 2.59.